The SMILES string of the molecule is O=C(c1ccc(N2C(=O)c3ccc(Br)cc3C2=O)cc1)N1CCCCC1. The average molecular weight is 413 g/mol. The van der Waals surface area contributed by atoms with E-state index in [-0.39, 0.29) is 17.7 Å². The molecular weight excluding hydrogens is 396 g/mol. The first-order chi connectivity index (χ1) is 12.6. The topological polar surface area (TPSA) is 57.7 Å². The van der Waals surface area contributed by atoms with Crippen LogP contribution in [0.2, 0.25) is 0 Å². The van der Waals surface area contributed by atoms with Gasteiger partial charge in [0.15, 0.2) is 0 Å². The first-order valence-corrected chi connectivity index (χ1v) is 9.43. The molecule has 0 unspecified atom stereocenters. The lowest BCUT2D eigenvalue weighted by Crippen LogP contribution is -2.35. The van der Waals surface area contributed by atoms with Crippen LogP contribution in [0.1, 0.15) is 50.3 Å². The van der Waals surface area contributed by atoms with E-state index >= 15 is 0 Å². The molecule has 4 rings (SSSR count). The monoisotopic (exact) mass is 412 g/mol. The number of anilines is 1. The van der Waals surface area contributed by atoms with E-state index in [0.717, 1.165) is 35.3 Å². The van der Waals surface area contributed by atoms with E-state index in [0.29, 0.717) is 22.4 Å². The molecule has 1 fully saturated rings. The lowest BCUT2D eigenvalue weighted by molar-refractivity contribution is 0.0724. The number of imide groups is 1. The second-order valence-corrected chi connectivity index (χ2v) is 7.45. The lowest BCUT2D eigenvalue weighted by Gasteiger charge is -2.26. The van der Waals surface area contributed by atoms with E-state index in [1.165, 1.54) is 6.42 Å². The van der Waals surface area contributed by atoms with Crippen LogP contribution in [0.4, 0.5) is 5.69 Å². The summed E-state index contributed by atoms with van der Waals surface area (Å²) >= 11 is 3.33. The van der Waals surface area contributed by atoms with Crippen molar-refractivity contribution in [3.05, 3.63) is 63.6 Å². The number of halogens is 1. The molecule has 1 saturated heterocycles. The summed E-state index contributed by atoms with van der Waals surface area (Å²) < 4.78 is 0.752. The van der Waals surface area contributed by atoms with Gasteiger partial charge in [-0.15, -0.1) is 0 Å². The molecule has 0 aromatic heterocycles. The summed E-state index contributed by atoms with van der Waals surface area (Å²) in [5.74, 6) is -0.684. The highest BCUT2D eigenvalue weighted by Crippen LogP contribution is 2.30. The Morgan fingerprint density at radius 2 is 1.50 bits per heavy atom. The predicted molar refractivity (Wildman–Crippen MR) is 101 cm³/mol. The molecule has 132 valence electrons. The number of piperidine rings is 1. The van der Waals surface area contributed by atoms with Crippen LogP contribution >= 0.6 is 15.9 Å². The second kappa shape index (κ2) is 6.68. The Hall–Kier alpha value is -2.47. The van der Waals surface area contributed by atoms with Crippen LogP contribution in [-0.4, -0.2) is 35.7 Å². The minimum absolute atomic E-state index is 0.00235. The van der Waals surface area contributed by atoms with Crippen LogP contribution in [0.15, 0.2) is 46.9 Å². The van der Waals surface area contributed by atoms with E-state index in [1.54, 1.807) is 42.5 Å². The Bertz CT molecular complexity index is 902. The van der Waals surface area contributed by atoms with Crippen LogP contribution in [0.25, 0.3) is 0 Å². The minimum atomic E-state index is -0.346. The Labute approximate surface area is 159 Å². The molecule has 2 heterocycles. The van der Waals surface area contributed by atoms with Crippen molar-refractivity contribution < 1.29 is 14.4 Å². The third-order valence-electron chi connectivity index (χ3n) is 4.86. The number of rotatable bonds is 2. The summed E-state index contributed by atoms with van der Waals surface area (Å²) in [5.41, 5.74) is 1.84. The number of hydrogen-bond acceptors (Lipinski definition) is 3. The molecule has 0 bridgehead atoms. The van der Waals surface area contributed by atoms with E-state index < -0.39 is 0 Å². The zero-order valence-electron chi connectivity index (χ0n) is 14.1. The zero-order chi connectivity index (χ0) is 18.3. The summed E-state index contributed by atoms with van der Waals surface area (Å²) in [4.78, 5) is 40.8. The highest BCUT2D eigenvalue weighted by atomic mass is 79.9. The smallest absolute Gasteiger partial charge is 0.266 e. The number of hydrogen-bond donors (Lipinski definition) is 0. The first-order valence-electron chi connectivity index (χ1n) is 8.64. The third-order valence-corrected chi connectivity index (χ3v) is 5.36. The van der Waals surface area contributed by atoms with Crippen LogP contribution in [0.5, 0.6) is 0 Å². The van der Waals surface area contributed by atoms with Gasteiger partial charge in [-0.05, 0) is 61.7 Å². The molecule has 6 heteroatoms. The second-order valence-electron chi connectivity index (χ2n) is 6.54. The Balaban J connectivity index is 1.59. The van der Waals surface area contributed by atoms with Gasteiger partial charge in [-0.3, -0.25) is 14.4 Å². The minimum Gasteiger partial charge on any atom is -0.339 e. The van der Waals surface area contributed by atoms with Crippen LogP contribution in [-0.2, 0) is 0 Å². The van der Waals surface area contributed by atoms with Crippen LogP contribution in [0.3, 0.4) is 0 Å². The van der Waals surface area contributed by atoms with Gasteiger partial charge in [-0.2, -0.15) is 0 Å². The van der Waals surface area contributed by atoms with Crippen molar-refractivity contribution in [2.75, 3.05) is 18.0 Å². The van der Waals surface area contributed by atoms with Gasteiger partial charge in [0, 0.05) is 23.1 Å². The molecule has 0 spiro atoms. The standard InChI is InChI=1S/C20H17BrN2O3/c21-14-6-9-16-17(12-14)20(26)23(19(16)25)15-7-4-13(5-8-15)18(24)22-10-2-1-3-11-22/h4-9,12H,1-3,10-11H2. The van der Waals surface area contributed by atoms with Gasteiger partial charge < -0.3 is 4.90 Å². The maximum absolute atomic E-state index is 12.6. The molecule has 0 saturated carbocycles. The van der Waals surface area contributed by atoms with Gasteiger partial charge in [-0.1, -0.05) is 15.9 Å². The fraction of sp³-hybridized carbons (Fsp3) is 0.250. The van der Waals surface area contributed by atoms with E-state index in [2.05, 4.69) is 15.9 Å². The van der Waals surface area contributed by atoms with E-state index in [4.69, 9.17) is 0 Å². The Morgan fingerprint density at radius 3 is 2.19 bits per heavy atom. The van der Waals surface area contributed by atoms with Crippen LogP contribution < -0.4 is 4.90 Å². The quantitative estimate of drug-likeness (QED) is 0.703. The Kier molecular flexibility index (Phi) is 4.36. The Morgan fingerprint density at radius 1 is 0.846 bits per heavy atom. The maximum atomic E-state index is 12.6. The van der Waals surface area contributed by atoms with Crippen LogP contribution in [0, 0.1) is 0 Å². The van der Waals surface area contributed by atoms with Crippen molar-refractivity contribution in [3.8, 4) is 0 Å². The van der Waals surface area contributed by atoms with E-state index in [9.17, 15) is 14.4 Å². The van der Waals surface area contributed by atoms with Gasteiger partial charge in [-0.25, -0.2) is 4.90 Å². The molecule has 26 heavy (non-hydrogen) atoms. The van der Waals surface area contributed by atoms with Crippen molar-refractivity contribution >= 4 is 39.3 Å². The molecule has 0 radical (unpaired) electrons. The molecule has 2 aliphatic heterocycles. The summed E-state index contributed by atoms with van der Waals surface area (Å²) in [6.07, 6.45) is 3.24. The van der Waals surface area contributed by atoms with E-state index in [1.807, 2.05) is 4.90 Å². The van der Waals surface area contributed by atoms with Gasteiger partial charge >= 0.3 is 0 Å². The number of likely N-dealkylation sites (tertiary alicyclic amines) is 1. The average Bonchev–Trinajstić information content (AvgIpc) is 2.92. The first kappa shape index (κ1) is 17.0. The van der Waals surface area contributed by atoms with Gasteiger partial charge in [0.1, 0.15) is 0 Å². The molecule has 0 atom stereocenters. The molecule has 5 nitrogen and oxygen atoms in total. The number of carbonyl (C=O) groups is 3. The highest BCUT2D eigenvalue weighted by Gasteiger charge is 2.36. The fourth-order valence-corrected chi connectivity index (χ4v) is 3.84. The van der Waals surface area contributed by atoms with Crippen molar-refractivity contribution in [2.24, 2.45) is 0 Å². The van der Waals surface area contributed by atoms with Gasteiger partial charge in [0.05, 0.1) is 16.8 Å². The number of amides is 3. The number of benzene rings is 2. The molecule has 2 aromatic rings. The van der Waals surface area contributed by atoms with Gasteiger partial charge in [0.2, 0.25) is 0 Å². The number of nitrogens with zero attached hydrogens (tertiary/aromatic N) is 2. The molecular formula is C20H17BrN2O3. The van der Waals surface area contributed by atoms with Crippen molar-refractivity contribution in [1.82, 2.24) is 4.90 Å². The normalized spacial score (nSPS) is 16.8. The summed E-state index contributed by atoms with van der Waals surface area (Å²) in [6.45, 7) is 1.57. The van der Waals surface area contributed by atoms with Crippen molar-refractivity contribution in [1.29, 1.82) is 0 Å². The summed E-state index contributed by atoms with van der Waals surface area (Å²) in [6, 6.07) is 11.7. The highest BCUT2D eigenvalue weighted by molar-refractivity contribution is 9.10. The predicted octanol–water partition coefficient (Wildman–Crippen LogP) is 3.88. The molecule has 0 N–H and O–H groups in total. The third kappa shape index (κ3) is 2.84. The molecule has 3 amide bonds. The zero-order valence-corrected chi connectivity index (χ0v) is 15.7. The number of carbonyl (C=O) groups excluding carboxylic acids is 3. The van der Waals surface area contributed by atoms with Crippen molar-refractivity contribution in [2.45, 2.75) is 19.3 Å². The van der Waals surface area contributed by atoms with Gasteiger partial charge in [0.25, 0.3) is 17.7 Å². The van der Waals surface area contributed by atoms with Crippen molar-refractivity contribution in [3.63, 3.8) is 0 Å². The summed E-state index contributed by atoms with van der Waals surface area (Å²) in [7, 11) is 0. The number of fused-ring (bicyclic) bond motifs is 1. The summed E-state index contributed by atoms with van der Waals surface area (Å²) in [5, 5.41) is 0. The lowest BCUT2D eigenvalue weighted by atomic mass is 10.1. The molecule has 2 aliphatic rings. The molecule has 0 aliphatic carbocycles. The maximum Gasteiger partial charge on any atom is 0.266 e. The molecule has 2 aromatic carbocycles. The fourth-order valence-electron chi connectivity index (χ4n) is 3.48. The largest absolute Gasteiger partial charge is 0.339 e.